The number of nitrogens with one attached hydrogen (secondary N) is 1. The molecule has 3 heterocycles. The Labute approximate surface area is 193 Å². The van der Waals surface area contributed by atoms with Gasteiger partial charge in [0.2, 0.25) is 0 Å². The maximum atomic E-state index is 13.0. The lowest BCUT2D eigenvalue weighted by Gasteiger charge is -2.33. The molecular formula is C24H26N6O2S. The summed E-state index contributed by atoms with van der Waals surface area (Å²) in [5, 5.41) is 3.98. The van der Waals surface area contributed by atoms with Crippen LogP contribution in [0.1, 0.15) is 18.4 Å². The summed E-state index contributed by atoms with van der Waals surface area (Å²) in [7, 11) is -2.16. The number of nitrogens with zero attached hydrogens (tertiary/aromatic N) is 5. The van der Waals surface area contributed by atoms with E-state index in [1.165, 1.54) is 22.6 Å². The Morgan fingerprint density at radius 1 is 0.970 bits per heavy atom. The second kappa shape index (κ2) is 8.82. The van der Waals surface area contributed by atoms with Gasteiger partial charge >= 0.3 is 0 Å². The Morgan fingerprint density at radius 2 is 1.64 bits per heavy atom. The molecule has 1 N–H and O–H groups in total. The zero-order chi connectivity index (χ0) is 22.8. The Bertz CT molecular complexity index is 1360. The SMILES string of the molecule is Cn1cc(S(=O)(=O)Nc2nc3ccccc3nc2N2CCC(Cc3ccccc3)CC2)cn1. The van der Waals surface area contributed by atoms with Crippen LogP contribution in [0.15, 0.2) is 71.9 Å². The number of piperidine rings is 1. The quantitative estimate of drug-likeness (QED) is 0.470. The lowest BCUT2D eigenvalue weighted by atomic mass is 9.90. The third kappa shape index (κ3) is 4.68. The van der Waals surface area contributed by atoms with Crippen molar-refractivity contribution < 1.29 is 8.42 Å². The van der Waals surface area contributed by atoms with E-state index >= 15 is 0 Å². The third-order valence-electron chi connectivity index (χ3n) is 6.06. The summed E-state index contributed by atoms with van der Waals surface area (Å²) >= 11 is 0. The molecule has 1 fully saturated rings. The minimum atomic E-state index is -3.84. The smallest absolute Gasteiger partial charge is 0.266 e. The molecule has 170 valence electrons. The fourth-order valence-electron chi connectivity index (χ4n) is 4.30. The van der Waals surface area contributed by atoms with E-state index in [1.807, 2.05) is 30.3 Å². The van der Waals surface area contributed by atoms with Gasteiger partial charge in [-0.25, -0.2) is 18.4 Å². The first-order valence-corrected chi connectivity index (χ1v) is 12.5. The number of benzene rings is 2. The first-order chi connectivity index (χ1) is 16.0. The van der Waals surface area contributed by atoms with Crippen molar-refractivity contribution in [2.75, 3.05) is 22.7 Å². The van der Waals surface area contributed by atoms with Crippen LogP contribution in [0.4, 0.5) is 11.6 Å². The first-order valence-electron chi connectivity index (χ1n) is 11.0. The molecule has 1 saturated heterocycles. The predicted octanol–water partition coefficient (Wildman–Crippen LogP) is 3.62. The van der Waals surface area contributed by atoms with E-state index in [4.69, 9.17) is 4.98 Å². The topological polar surface area (TPSA) is 93.0 Å². The van der Waals surface area contributed by atoms with Gasteiger partial charge in [-0.3, -0.25) is 9.40 Å². The second-order valence-electron chi connectivity index (χ2n) is 8.46. The fraction of sp³-hybridized carbons (Fsp3) is 0.292. The third-order valence-corrected chi connectivity index (χ3v) is 7.35. The lowest BCUT2D eigenvalue weighted by Crippen LogP contribution is -2.35. The molecule has 0 radical (unpaired) electrons. The predicted molar refractivity (Wildman–Crippen MR) is 129 cm³/mol. The van der Waals surface area contributed by atoms with Crippen molar-refractivity contribution in [1.29, 1.82) is 0 Å². The second-order valence-corrected chi connectivity index (χ2v) is 10.1. The van der Waals surface area contributed by atoms with Crippen molar-refractivity contribution in [2.24, 2.45) is 13.0 Å². The zero-order valence-electron chi connectivity index (χ0n) is 18.4. The van der Waals surface area contributed by atoms with Crippen LogP contribution >= 0.6 is 0 Å². The largest absolute Gasteiger partial charge is 0.353 e. The van der Waals surface area contributed by atoms with Crippen LogP contribution in [0.2, 0.25) is 0 Å². The van der Waals surface area contributed by atoms with Crippen molar-refractivity contribution in [3.63, 3.8) is 0 Å². The molecule has 4 aromatic rings. The van der Waals surface area contributed by atoms with Crippen LogP contribution in [-0.2, 0) is 23.5 Å². The molecule has 0 atom stereocenters. The van der Waals surface area contributed by atoms with Crippen molar-refractivity contribution in [3.8, 4) is 0 Å². The van der Waals surface area contributed by atoms with E-state index in [9.17, 15) is 8.42 Å². The Kier molecular flexibility index (Phi) is 5.72. The van der Waals surface area contributed by atoms with Crippen LogP contribution in [0.5, 0.6) is 0 Å². The zero-order valence-corrected chi connectivity index (χ0v) is 19.2. The highest BCUT2D eigenvalue weighted by Gasteiger charge is 2.26. The van der Waals surface area contributed by atoms with Crippen LogP contribution in [-0.4, -0.2) is 41.3 Å². The number of rotatable bonds is 6. The molecular weight excluding hydrogens is 436 g/mol. The van der Waals surface area contributed by atoms with Gasteiger partial charge < -0.3 is 4.90 Å². The molecule has 8 nitrogen and oxygen atoms in total. The van der Waals surface area contributed by atoms with Gasteiger partial charge in [0, 0.05) is 26.3 Å². The molecule has 5 rings (SSSR count). The maximum Gasteiger partial charge on any atom is 0.266 e. The first kappa shape index (κ1) is 21.4. The van der Waals surface area contributed by atoms with Crippen LogP contribution in [0.3, 0.4) is 0 Å². The molecule has 2 aromatic carbocycles. The molecule has 2 aromatic heterocycles. The summed E-state index contributed by atoms with van der Waals surface area (Å²) in [6.45, 7) is 1.60. The van der Waals surface area contributed by atoms with Gasteiger partial charge in [-0.1, -0.05) is 42.5 Å². The van der Waals surface area contributed by atoms with Gasteiger partial charge in [0.15, 0.2) is 11.6 Å². The van der Waals surface area contributed by atoms with Gasteiger partial charge in [0.25, 0.3) is 10.0 Å². The minimum absolute atomic E-state index is 0.0903. The van der Waals surface area contributed by atoms with Crippen molar-refractivity contribution in [1.82, 2.24) is 19.7 Å². The normalized spacial score (nSPS) is 15.1. The van der Waals surface area contributed by atoms with Gasteiger partial charge in [0.05, 0.1) is 17.2 Å². The fourth-order valence-corrected chi connectivity index (χ4v) is 5.29. The molecule has 0 bridgehead atoms. The summed E-state index contributed by atoms with van der Waals surface area (Å²) in [5.41, 5.74) is 2.73. The molecule has 0 spiro atoms. The summed E-state index contributed by atoms with van der Waals surface area (Å²) < 4.78 is 30.1. The van der Waals surface area contributed by atoms with E-state index in [0.717, 1.165) is 37.9 Å². The number of aryl methyl sites for hydroxylation is 1. The monoisotopic (exact) mass is 462 g/mol. The van der Waals surface area contributed by atoms with Gasteiger partial charge in [0.1, 0.15) is 4.90 Å². The van der Waals surface area contributed by atoms with Crippen LogP contribution in [0.25, 0.3) is 11.0 Å². The molecule has 9 heteroatoms. The van der Waals surface area contributed by atoms with E-state index < -0.39 is 10.0 Å². The van der Waals surface area contributed by atoms with E-state index in [2.05, 4.69) is 44.0 Å². The van der Waals surface area contributed by atoms with Crippen LogP contribution in [0, 0.1) is 5.92 Å². The molecule has 1 aliphatic heterocycles. The standard InChI is InChI=1S/C24H26N6O2S/c1-29-17-20(16-25-29)33(31,32)28-23-24(27-22-10-6-5-9-21(22)26-23)30-13-11-19(12-14-30)15-18-7-3-2-4-8-18/h2-10,16-17,19H,11-15H2,1H3,(H,26,28). The summed E-state index contributed by atoms with van der Waals surface area (Å²) in [4.78, 5) is 11.7. The summed E-state index contributed by atoms with van der Waals surface area (Å²) in [5.74, 6) is 1.41. The molecule has 0 amide bonds. The van der Waals surface area contributed by atoms with Gasteiger partial charge in [-0.15, -0.1) is 0 Å². The van der Waals surface area contributed by atoms with Crippen molar-refractivity contribution in [3.05, 3.63) is 72.6 Å². The number of sulfonamides is 1. The molecule has 1 aliphatic rings. The lowest BCUT2D eigenvalue weighted by molar-refractivity contribution is 0.402. The van der Waals surface area contributed by atoms with E-state index in [-0.39, 0.29) is 10.7 Å². The number of para-hydroxylation sites is 2. The average molecular weight is 463 g/mol. The maximum absolute atomic E-state index is 13.0. The van der Waals surface area contributed by atoms with Crippen molar-refractivity contribution in [2.45, 2.75) is 24.2 Å². The number of aromatic nitrogens is 4. The van der Waals surface area contributed by atoms with Crippen LogP contribution < -0.4 is 9.62 Å². The highest BCUT2D eigenvalue weighted by Crippen LogP contribution is 2.31. The highest BCUT2D eigenvalue weighted by molar-refractivity contribution is 7.92. The molecule has 0 saturated carbocycles. The number of hydrogen-bond donors (Lipinski definition) is 1. The van der Waals surface area contributed by atoms with Crippen molar-refractivity contribution >= 4 is 32.7 Å². The van der Waals surface area contributed by atoms with E-state index in [1.54, 1.807) is 7.05 Å². The number of anilines is 2. The highest BCUT2D eigenvalue weighted by atomic mass is 32.2. The molecule has 0 aliphatic carbocycles. The Morgan fingerprint density at radius 3 is 2.30 bits per heavy atom. The average Bonchev–Trinajstić information content (AvgIpc) is 3.27. The van der Waals surface area contributed by atoms with E-state index in [0.29, 0.717) is 17.3 Å². The number of fused-ring (bicyclic) bond motifs is 1. The minimum Gasteiger partial charge on any atom is -0.353 e. The number of hydrogen-bond acceptors (Lipinski definition) is 6. The summed E-state index contributed by atoms with van der Waals surface area (Å²) in [6, 6.07) is 18.0. The Balaban J connectivity index is 1.41. The molecule has 33 heavy (non-hydrogen) atoms. The van der Waals surface area contributed by atoms with Gasteiger partial charge in [-0.2, -0.15) is 5.10 Å². The summed E-state index contributed by atoms with van der Waals surface area (Å²) in [6.07, 6.45) is 5.87. The molecule has 0 unspecified atom stereocenters. The Hall–Kier alpha value is -3.46. The van der Waals surface area contributed by atoms with Gasteiger partial charge in [-0.05, 0) is 42.9 Å².